The van der Waals surface area contributed by atoms with Gasteiger partial charge in [-0.1, -0.05) is 0 Å². The Hall–Kier alpha value is -1.11. The van der Waals surface area contributed by atoms with Crippen LogP contribution in [0.15, 0.2) is 22.7 Å². The fourth-order valence-corrected chi connectivity index (χ4v) is 2.39. The summed E-state index contributed by atoms with van der Waals surface area (Å²) in [4.78, 5) is 14.3. The van der Waals surface area contributed by atoms with Gasteiger partial charge < -0.3 is 15.8 Å². The molecule has 0 bridgehead atoms. The molecule has 0 aliphatic carbocycles. The van der Waals surface area contributed by atoms with Gasteiger partial charge in [0.25, 0.3) is 5.91 Å². The summed E-state index contributed by atoms with van der Waals surface area (Å²) in [5.74, 6) is -0.104. The molecule has 1 aliphatic heterocycles. The van der Waals surface area contributed by atoms with Gasteiger partial charge in [0.05, 0.1) is 18.8 Å². The summed E-state index contributed by atoms with van der Waals surface area (Å²) in [6.45, 7) is 4.87. The lowest BCUT2D eigenvalue weighted by molar-refractivity contribution is 0.0383. The van der Waals surface area contributed by atoms with Crippen LogP contribution in [-0.2, 0) is 4.74 Å². The van der Waals surface area contributed by atoms with Gasteiger partial charge in [-0.05, 0) is 34.1 Å². The highest BCUT2D eigenvalue weighted by atomic mass is 79.9. The quantitative estimate of drug-likeness (QED) is 0.812. The van der Waals surface area contributed by atoms with E-state index in [9.17, 15) is 4.79 Å². The van der Waals surface area contributed by atoms with Crippen LogP contribution in [0.5, 0.6) is 0 Å². The molecule has 1 aromatic carbocycles. The maximum absolute atomic E-state index is 12.0. The number of amides is 1. The number of morpholine rings is 1. The van der Waals surface area contributed by atoms with Crippen LogP contribution in [0.25, 0.3) is 0 Å². The molecule has 5 nitrogen and oxygen atoms in total. The monoisotopic (exact) mass is 327 g/mol. The highest BCUT2D eigenvalue weighted by Gasteiger charge is 2.12. The van der Waals surface area contributed by atoms with Crippen molar-refractivity contribution in [1.82, 2.24) is 10.2 Å². The zero-order chi connectivity index (χ0) is 13.7. The lowest BCUT2D eigenvalue weighted by Crippen LogP contribution is -2.41. The van der Waals surface area contributed by atoms with Crippen molar-refractivity contribution in [2.75, 3.05) is 45.1 Å². The number of carbonyl (C=O) groups is 1. The molecule has 2 rings (SSSR count). The average molecular weight is 328 g/mol. The van der Waals surface area contributed by atoms with Crippen molar-refractivity contribution in [2.24, 2.45) is 0 Å². The van der Waals surface area contributed by atoms with Gasteiger partial charge in [-0.25, -0.2) is 0 Å². The van der Waals surface area contributed by atoms with Crippen molar-refractivity contribution < 1.29 is 9.53 Å². The van der Waals surface area contributed by atoms with Gasteiger partial charge in [0.1, 0.15) is 0 Å². The van der Waals surface area contributed by atoms with Crippen LogP contribution < -0.4 is 11.1 Å². The van der Waals surface area contributed by atoms with Gasteiger partial charge in [0.2, 0.25) is 0 Å². The number of halogens is 1. The van der Waals surface area contributed by atoms with Crippen molar-refractivity contribution in [1.29, 1.82) is 0 Å². The van der Waals surface area contributed by atoms with E-state index in [2.05, 4.69) is 26.1 Å². The Morgan fingerprint density at radius 2 is 2.16 bits per heavy atom. The topological polar surface area (TPSA) is 67.6 Å². The van der Waals surface area contributed by atoms with E-state index in [-0.39, 0.29) is 5.91 Å². The molecule has 1 fully saturated rings. The first-order valence-electron chi connectivity index (χ1n) is 6.30. The number of nitrogen functional groups attached to an aromatic ring is 1. The molecule has 0 unspecified atom stereocenters. The number of carbonyl (C=O) groups excluding carboxylic acids is 1. The summed E-state index contributed by atoms with van der Waals surface area (Å²) in [5, 5.41) is 2.91. The predicted octanol–water partition coefficient (Wildman–Crippen LogP) is 1.09. The molecule has 1 amide bonds. The van der Waals surface area contributed by atoms with Gasteiger partial charge in [0.15, 0.2) is 0 Å². The Morgan fingerprint density at radius 1 is 1.42 bits per heavy atom. The molecule has 0 spiro atoms. The van der Waals surface area contributed by atoms with Crippen molar-refractivity contribution >= 4 is 27.5 Å². The zero-order valence-corrected chi connectivity index (χ0v) is 12.3. The lowest BCUT2D eigenvalue weighted by Gasteiger charge is -2.26. The van der Waals surface area contributed by atoms with Gasteiger partial charge in [-0.3, -0.25) is 9.69 Å². The summed E-state index contributed by atoms with van der Waals surface area (Å²) >= 11 is 3.36. The van der Waals surface area contributed by atoms with Crippen LogP contribution in [0.3, 0.4) is 0 Å². The first-order valence-corrected chi connectivity index (χ1v) is 7.09. The number of hydrogen-bond donors (Lipinski definition) is 2. The molecule has 0 radical (unpaired) electrons. The minimum Gasteiger partial charge on any atom is -0.399 e. The zero-order valence-electron chi connectivity index (χ0n) is 10.7. The fraction of sp³-hybridized carbons (Fsp3) is 0.462. The number of ether oxygens (including phenoxy) is 1. The Morgan fingerprint density at radius 3 is 2.89 bits per heavy atom. The number of benzene rings is 1. The molecule has 6 heteroatoms. The third-order valence-corrected chi connectivity index (χ3v) is 3.74. The average Bonchev–Trinajstić information content (AvgIpc) is 2.42. The number of hydrogen-bond acceptors (Lipinski definition) is 4. The Balaban J connectivity index is 1.82. The summed E-state index contributed by atoms with van der Waals surface area (Å²) in [5.41, 5.74) is 6.84. The van der Waals surface area contributed by atoms with Gasteiger partial charge >= 0.3 is 0 Å². The Labute approximate surface area is 121 Å². The second-order valence-corrected chi connectivity index (χ2v) is 5.30. The number of rotatable bonds is 4. The SMILES string of the molecule is Nc1ccc(Br)c(C(=O)NCCN2CCOCC2)c1. The number of nitrogens with zero attached hydrogens (tertiary/aromatic N) is 1. The molecule has 0 atom stereocenters. The molecule has 0 saturated carbocycles. The minimum absolute atomic E-state index is 0.104. The number of nitrogens with two attached hydrogens (primary N) is 1. The van der Waals surface area contributed by atoms with Crippen LogP contribution in [0, 0.1) is 0 Å². The van der Waals surface area contributed by atoms with E-state index in [1.165, 1.54) is 0 Å². The van der Waals surface area contributed by atoms with E-state index in [1.807, 2.05) is 0 Å². The van der Waals surface area contributed by atoms with Crippen molar-refractivity contribution in [3.63, 3.8) is 0 Å². The lowest BCUT2D eigenvalue weighted by atomic mass is 10.2. The molecule has 19 heavy (non-hydrogen) atoms. The minimum atomic E-state index is -0.104. The molecule has 1 heterocycles. The highest BCUT2D eigenvalue weighted by Crippen LogP contribution is 2.19. The summed E-state index contributed by atoms with van der Waals surface area (Å²) in [6, 6.07) is 5.22. The van der Waals surface area contributed by atoms with Gasteiger partial charge in [0, 0.05) is 36.3 Å². The van der Waals surface area contributed by atoms with E-state index >= 15 is 0 Å². The van der Waals surface area contributed by atoms with Crippen LogP contribution >= 0.6 is 15.9 Å². The predicted molar refractivity (Wildman–Crippen MR) is 78.1 cm³/mol. The van der Waals surface area contributed by atoms with Crippen molar-refractivity contribution in [2.45, 2.75) is 0 Å². The maximum atomic E-state index is 12.0. The van der Waals surface area contributed by atoms with Gasteiger partial charge in [-0.15, -0.1) is 0 Å². The smallest absolute Gasteiger partial charge is 0.252 e. The van der Waals surface area contributed by atoms with E-state index in [4.69, 9.17) is 10.5 Å². The van der Waals surface area contributed by atoms with Crippen LogP contribution in [0.2, 0.25) is 0 Å². The van der Waals surface area contributed by atoms with Crippen LogP contribution in [0.4, 0.5) is 5.69 Å². The largest absolute Gasteiger partial charge is 0.399 e. The molecule has 1 aromatic rings. The molecule has 3 N–H and O–H groups in total. The van der Waals surface area contributed by atoms with E-state index in [1.54, 1.807) is 18.2 Å². The summed E-state index contributed by atoms with van der Waals surface area (Å²) in [6.07, 6.45) is 0. The fourth-order valence-electron chi connectivity index (χ4n) is 1.96. The molecule has 104 valence electrons. The molecule has 0 aromatic heterocycles. The van der Waals surface area contributed by atoms with Crippen molar-refractivity contribution in [3.8, 4) is 0 Å². The maximum Gasteiger partial charge on any atom is 0.252 e. The van der Waals surface area contributed by atoms with E-state index in [0.29, 0.717) is 17.8 Å². The van der Waals surface area contributed by atoms with Gasteiger partial charge in [-0.2, -0.15) is 0 Å². The summed E-state index contributed by atoms with van der Waals surface area (Å²) < 4.78 is 6.03. The second kappa shape index (κ2) is 6.88. The molecular weight excluding hydrogens is 310 g/mol. The Kier molecular flexibility index (Phi) is 5.18. The highest BCUT2D eigenvalue weighted by molar-refractivity contribution is 9.10. The summed E-state index contributed by atoms with van der Waals surface area (Å²) in [7, 11) is 0. The van der Waals surface area contributed by atoms with Crippen LogP contribution in [0.1, 0.15) is 10.4 Å². The van der Waals surface area contributed by atoms with Crippen molar-refractivity contribution in [3.05, 3.63) is 28.2 Å². The third-order valence-electron chi connectivity index (χ3n) is 3.05. The van der Waals surface area contributed by atoms with E-state index < -0.39 is 0 Å². The normalized spacial score (nSPS) is 16.3. The first kappa shape index (κ1) is 14.3. The Bertz CT molecular complexity index is 448. The molecule has 1 saturated heterocycles. The standard InChI is InChI=1S/C13H18BrN3O2/c14-12-2-1-10(15)9-11(12)13(18)16-3-4-17-5-7-19-8-6-17/h1-2,9H,3-8,15H2,(H,16,18). The van der Waals surface area contributed by atoms with Crippen LogP contribution in [-0.4, -0.2) is 50.2 Å². The second-order valence-electron chi connectivity index (χ2n) is 4.45. The number of anilines is 1. The first-order chi connectivity index (χ1) is 9.16. The molecular formula is C13H18BrN3O2. The van der Waals surface area contributed by atoms with E-state index in [0.717, 1.165) is 37.3 Å². The molecule has 1 aliphatic rings. The number of nitrogens with one attached hydrogen (secondary N) is 1. The third kappa shape index (κ3) is 4.19.